The third-order valence-corrected chi connectivity index (χ3v) is 6.51. The first-order valence-electron chi connectivity index (χ1n) is 9.73. The topological polar surface area (TPSA) is 131 Å². The number of nitrogens with one attached hydrogen (secondary N) is 3. The van der Waals surface area contributed by atoms with Crippen LogP contribution in [-0.2, 0) is 24.3 Å². The van der Waals surface area contributed by atoms with Gasteiger partial charge in [0.2, 0.25) is 16.1 Å². The second-order valence-electron chi connectivity index (χ2n) is 6.68. The predicted octanol–water partition coefficient (Wildman–Crippen LogP) is 1.97. The number of carbonyl (C=O) groups excluding carboxylic acids is 3. The van der Waals surface area contributed by atoms with E-state index in [1.54, 1.807) is 24.5 Å². The summed E-state index contributed by atoms with van der Waals surface area (Å²) in [6.07, 6.45) is 0.259. The van der Waals surface area contributed by atoms with Gasteiger partial charge in [-0.15, -0.1) is 0 Å². The molecule has 0 unspecified atom stereocenters. The molecule has 9 nitrogen and oxygen atoms in total. The lowest BCUT2D eigenvalue weighted by molar-refractivity contribution is -0.157. The summed E-state index contributed by atoms with van der Waals surface area (Å²) in [5.74, 6) is -2.58. The lowest BCUT2D eigenvalue weighted by Gasteiger charge is -2.22. The maximum atomic E-state index is 14.1. The number of carbonyl (C=O) groups is 3. The van der Waals surface area contributed by atoms with E-state index in [4.69, 9.17) is 4.74 Å². The Balaban J connectivity index is 2.31. The van der Waals surface area contributed by atoms with Crippen LogP contribution < -0.4 is 15.4 Å². The third-order valence-electron chi connectivity index (χ3n) is 4.36. The highest BCUT2D eigenvalue weighted by molar-refractivity contribution is 7.98. The Morgan fingerprint density at radius 2 is 1.70 bits per heavy atom. The summed E-state index contributed by atoms with van der Waals surface area (Å²) >= 11 is 1.36. The van der Waals surface area contributed by atoms with Crippen molar-refractivity contribution in [3.8, 4) is 0 Å². The molecule has 33 heavy (non-hydrogen) atoms. The fraction of sp³-hybridized carbons (Fsp3) is 0.286. The van der Waals surface area contributed by atoms with Crippen LogP contribution in [0.25, 0.3) is 0 Å². The molecular weight excluding hydrogens is 473 g/mol. The van der Waals surface area contributed by atoms with Gasteiger partial charge in [-0.1, -0.05) is 42.5 Å². The number of halogens is 1. The third kappa shape index (κ3) is 7.55. The highest BCUT2D eigenvalue weighted by atomic mass is 32.2. The maximum absolute atomic E-state index is 14.1. The minimum Gasteiger partial charge on any atom is -0.446 e. The molecule has 0 heterocycles. The Kier molecular flexibility index (Phi) is 9.82. The molecule has 12 heteroatoms. The predicted molar refractivity (Wildman–Crippen MR) is 121 cm³/mol. The van der Waals surface area contributed by atoms with Crippen molar-refractivity contribution >= 4 is 39.7 Å². The molecule has 2 aromatic rings. The van der Waals surface area contributed by atoms with Crippen LogP contribution in [0.1, 0.15) is 18.1 Å². The van der Waals surface area contributed by atoms with Crippen molar-refractivity contribution in [2.45, 2.75) is 23.5 Å². The van der Waals surface area contributed by atoms with E-state index in [1.165, 1.54) is 43.1 Å². The zero-order valence-electron chi connectivity index (χ0n) is 17.9. The van der Waals surface area contributed by atoms with Crippen molar-refractivity contribution in [1.82, 2.24) is 15.4 Å². The number of urea groups is 1. The second kappa shape index (κ2) is 12.3. The number of imide groups is 1. The summed E-state index contributed by atoms with van der Waals surface area (Å²) in [6, 6.07) is 10.5. The van der Waals surface area contributed by atoms with Gasteiger partial charge in [0.15, 0.2) is 0 Å². The first-order valence-corrected chi connectivity index (χ1v) is 12.6. The molecule has 0 spiro atoms. The molecule has 0 saturated carbocycles. The highest BCUT2D eigenvalue weighted by Crippen LogP contribution is 2.21. The number of esters is 1. The first kappa shape index (κ1) is 26.3. The lowest BCUT2D eigenvalue weighted by atomic mass is 10.1. The number of thioether (sulfide) groups is 1. The van der Waals surface area contributed by atoms with Crippen LogP contribution in [0.15, 0.2) is 59.5 Å². The molecule has 0 aliphatic carbocycles. The van der Waals surface area contributed by atoms with Gasteiger partial charge < -0.3 is 10.1 Å². The molecule has 178 valence electrons. The Bertz CT molecular complexity index is 1080. The van der Waals surface area contributed by atoms with Gasteiger partial charge in [0, 0.05) is 12.6 Å². The van der Waals surface area contributed by atoms with Crippen LogP contribution in [0.3, 0.4) is 0 Å². The minimum atomic E-state index is -4.41. The molecule has 3 amide bonds. The van der Waals surface area contributed by atoms with Crippen LogP contribution in [-0.4, -0.2) is 51.4 Å². The Morgan fingerprint density at radius 1 is 1.06 bits per heavy atom. The van der Waals surface area contributed by atoms with E-state index in [9.17, 15) is 27.2 Å². The molecule has 2 atom stereocenters. The quantitative estimate of drug-likeness (QED) is 0.428. The van der Waals surface area contributed by atoms with Crippen LogP contribution in [0.5, 0.6) is 0 Å². The van der Waals surface area contributed by atoms with Crippen molar-refractivity contribution in [2.24, 2.45) is 0 Å². The first-order chi connectivity index (χ1) is 15.7. The van der Waals surface area contributed by atoms with Crippen LogP contribution >= 0.6 is 11.8 Å². The van der Waals surface area contributed by atoms with Crippen LogP contribution in [0.2, 0.25) is 0 Å². The summed E-state index contributed by atoms with van der Waals surface area (Å²) in [5, 5.41) is 4.26. The Labute approximate surface area is 195 Å². The van der Waals surface area contributed by atoms with Crippen molar-refractivity contribution in [1.29, 1.82) is 0 Å². The standard InChI is InChI=1S/C21H24FN3O6S2/c1-23-21(28)24-19(26)18(14-8-4-3-5-9-14)31-20(27)16(12-13-32-2)25-33(29,30)17-11-7-6-10-15(17)22/h3-11,16,18,25H,12-13H2,1-2H3,(H2,23,24,26,28)/t16-,18+/m1/s1. The molecule has 2 rings (SSSR count). The minimum absolute atomic E-state index is 0.0201. The molecule has 3 N–H and O–H groups in total. The summed E-state index contributed by atoms with van der Waals surface area (Å²) in [5.41, 5.74) is 0.271. The van der Waals surface area contributed by atoms with Crippen molar-refractivity contribution in [2.75, 3.05) is 19.1 Å². The van der Waals surface area contributed by atoms with Gasteiger partial charge >= 0.3 is 12.0 Å². The molecular formula is C21H24FN3O6S2. The smallest absolute Gasteiger partial charge is 0.325 e. The van der Waals surface area contributed by atoms with Crippen LogP contribution in [0.4, 0.5) is 9.18 Å². The number of sulfonamides is 1. The van der Waals surface area contributed by atoms with E-state index in [-0.39, 0.29) is 12.0 Å². The lowest BCUT2D eigenvalue weighted by Crippen LogP contribution is -2.45. The molecule has 2 aromatic carbocycles. The number of amides is 3. The van der Waals surface area contributed by atoms with E-state index < -0.39 is 50.8 Å². The summed E-state index contributed by atoms with van der Waals surface area (Å²) in [4.78, 5) is 36.5. The molecule has 0 aliphatic heterocycles. The largest absolute Gasteiger partial charge is 0.446 e. The van der Waals surface area contributed by atoms with E-state index in [2.05, 4.69) is 10.0 Å². The van der Waals surface area contributed by atoms with E-state index in [0.717, 1.165) is 12.1 Å². The zero-order valence-corrected chi connectivity index (χ0v) is 19.5. The molecule has 0 fully saturated rings. The average Bonchev–Trinajstić information content (AvgIpc) is 2.80. The number of hydrogen-bond acceptors (Lipinski definition) is 7. The summed E-state index contributed by atoms with van der Waals surface area (Å²) in [6.45, 7) is 0. The number of hydrogen-bond donors (Lipinski definition) is 3. The normalized spacial score (nSPS) is 12.9. The van der Waals surface area contributed by atoms with E-state index >= 15 is 0 Å². The number of rotatable bonds is 10. The zero-order chi connectivity index (χ0) is 24.4. The summed E-state index contributed by atoms with van der Waals surface area (Å²) < 4.78 is 47.0. The van der Waals surface area contributed by atoms with Crippen molar-refractivity contribution in [3.63, 3.8) is 0 Å². The molecule has 0 radical (unpaired) electrons. The monoisotopic (exact) mass is 497 g/mol. The van der Waals surface area contributed by atoms with Gasteiger partial charge in [0.05, 0.1) is 0 Å². The SMILES string of the molecule is CNC(=O)NC(=O)[C@@H](OC(=O)[C@@H](CCSC)NS(=O)(=O)c1ccccc1F)c1ccccc1. The number of benzene rings is 2. The second-order valence-corrected chi connectivity index (χ2v) is 9.35. The van der Waals surface area contributed by atoms with Gasteiger partial charge in [-0.3, -0.25) is 14.9 Å². The molecule has 0 bridgehead atoms. The average molecular weight is 498 g/mol. The van der Waals surface area contributed by atoms with Gasteiger partial charge in [0.25, 0.3) is 5.91 Å². The van der Waals surface area contributed by atoms with Gasteiger partial charge in [-0.2, -0.15) is 16.5 Å². The molecule has 0 saturated heterocycles. The van der Waals surface area contributed by atoms with Gasteiger partial charge in [-0.25, -0.2) is 17.6 Å². The summed E-state index contributed by atoms with van der Waals surface area (Å²) in [7, 11) is -3.10. The highest BCUT2D eigenvalue weighted by Gasteiger charge is 2.33. The Hall–Kier alpha value is -2.96. The van der Waals surface area contributed by atoms with Crippen molar-refractivity contribution in [3.05, 3.63) is 66.0 Å². The van der Waals surface area contributed by atoms with Crippen LogP contribution in [0, 0.1) is 5.82 Å². The number of ether oxygens (including phenoxy) is 1. The fourth-order valence-electron chi connectivity index (χ4n) is 2.71. The van der Waals surface area contributed by atoms with Gasteiger partial charge in [0.1, 0.15) is 16.8 Å². The maximum Gasteiger partial charge on any atom is 0.325 e. The van der Waals surface area contributed by atoms with Crippen molar-refractivity contribution < 1.29 is 31.9 Å². The molecule has 0 aliphatic rings. The van der Waals surface area contributed by atoms with E-state index in [1.807, 2.05) is 5.32 Å². The van der Waals surface area contributed by atoms with Gasteiger partial charge in [-0.05, 0) is 30.6 Å². The molecule has 0 aromatic heterocycles. The van der Waals surface area contributed by atoms with E-state index in [0.29, 0.717) is 5.75 Å². The fourth-order valence-corrected chi connectivity index (χ4v) is 4.48. The Morgan fingerprint density at radius 3 is 2.30 bits per heavy atom.